The third-order valence-electron chi connectivity index (χ3n) is 3.57. The molecule has 1 unspecified atom stereocenters. The molecule has 1 heterocycles. The number of sulfone groups is 1. The van der Waals surface area contributed by atoms with Gasteiger partial charge in [0.1, 0.15) is 0 Å². The average molecular weight is 380 g/mol. The van der Waals surface area contributed by atoms with Crippen molar-refractivity contribution in [3.63, 3.8) is 0 Å². The van der Waals surface area contributed by atoms with Crippen molar-refractivity contribution >= 4 is 33.0 Å². The maximum absolute atomic E-state index is 12.0. The Kier molecular flexibility index (Phi) is 6.33. The highest BCUT2D eigenvalue weighted by Gasteiger charge is 2.12. The van der Waals surface area contributed by atoms with Crippen molar-refractivity contribution in [1.82, 2.24) is 10.6 Å². The molecule has 0 fully saturated rings. The monoisotopic (exact) mass is 380 g/mol. The summed E-state index contributed by atoms with van der Waals surface area (Å²) in [6.07, 6.45) is 1.32. The molecule has 134 valence electrons. The topological polar surface area (TPSA) is 92.3 Å². The average Bonchev–Trinajstić information content (AvgIpc) is 3.08. The van der Waals surface area contributed by atoms with Gasteiger partial charge in [0.05, 0.1) is 15.8 Å². The van der Waals surface area contributed by atoms with E-state index in [9.17, 15) is 18.0 Å². The molecule has 0 spiro atoms. The van der Waals surface area contributed by atoms with Crippen LogP contribution >= 0.6 is 11.3 Å². The molecule has 1 atom stereocenters. The summed E-state index contributed by atoms with van der Waals surface area (Å²) in [5.74, 6) is -0.376. The van der Waals surface area contributed by atoms with E-state index in [0.717, 1.165) is 11.8 Å². The van der Waals surface area contributed by atoms with Gasteiger partial charge in [-0.2, -0.15) is 0 Å². The van der Waals surface area contributed by atoms with Gasteiger partial charge in [-0.1, -0.05) is 18.2 Å². The first-order valence-electron chi connectivity index (χ1n) is 7.68. The molecule has 0 aliphatic heterocycles. The zero-order valence-electron chi connectivity index (χ0n) is 14.0. The van der Waals surface area contributed by atoms with Crippen LogP contribution in [0.1, 0.15) is 34.6 Å². The van der Waals surface area contributed by atoms with Crippen LogP contribution in [0.4, 0.5) is 0 Å². The Morgan fingerprint density at radius 2 is 1.84 bits per heavy atom. The van der Waals surface area contributed by atoms with Gasteiger partial charge < -0.3 is 10.6 Å². The summed E-state index contributed by atoms with van der Waals surface area (Å²) in [5.41, 5.74) is 0.809. The van der Waals surface area contributed by atoms with Crippen LogP contribution in [0.25, 0.3) is 0 Å². The smallest absolute Gasteiger partial charge is 0.261 e. The molecule has 2 N–H and O–H groups in total. The second-order valence-corrected chi connectivity index (χ2v) is 8.58. The largest absolute Gasteiger partial charge is 0.351 e. The van der Waals surface area contributed by atoms with Gasteiger partial charge in [0.25, 0.3) is 5.91 Å². The lowest BCUT2D eigenvalue weighted by atomic mass is 10.1. The quantitative estimate of drug-likeness (QED) is 0.770. The molecule has 25 heavy (non-hydrogen) atoms. The van der Waals surface area contributed by atoms with E-state index in [1.807, 2.05) is 12.3 Å². The first-order chi connectivity index (χ1) is 11.8. The molecule has 8 heteroatoms. The predicted molar refractivity (Wildman–Crippen MR) is 97.4 cm³/mol. The second kappa shape index (κ2) is 8.26. The summed E-state index contributed by atoms with van der Waals surface area (Å²) in [5, 5.41) is 7.34. The Balaban J connectivity index is 1.80. The van der Waals surface area contributed by atoms with Crippen LogP contribution in [0, 0.1) is 0 Å². The fraction of sp³-hybridized carbons (Fsp3) is 0.294. The standard InChI is InChI=1S/C17H20N2O4S2/c1-12(13-5-7-14(8-6-13)25(2,22)23)19-16(20)9-10-18-17(21)15-4-3-11-24-15/h3-8,11-12H,9-10H2,1-2H3,(H,18,21)(H,19,20). The number of benzene rings is 1. The molecule has 2 aromatic rings. The lowest BCUT2D eigenvalue weighted by Crippen LogP contribution is -2.31. The maximum Gasteiger partial charge on any atom is 0.261 e. The van der Waals surface area contributed by atoms with Crippen LogP contribution in [0.3, 0.4) is 0 Å². The number of thiophene rings is 1. The minimum absolute atomic E-state index is 0.170. The van der Waals surface area contributed by atoms with Crippen LogP contribution in [0.5, 0.6) is 0 Å². The molecular formula is C17H20N2O4S2. The van der Waals surface area contributed by atoms with E-state index >= 15 is 0 Å². The van der Waals surface area contributed by atoms with Gasteiger partial charge in [0.2, 0.25) is 5.91 Å². The van der Waals surface area contributed by atoms with Crippen molar-refractivity contribution in [2.45, 2.75) is 24.3 Å². The zero-order chi connectivity index (χ0) is 18.4. The maximum atomic E-state index is 12.0. The highest BCUT2D eigenvalue weighted by atomic mass is 32.2. The first kappa shape index (κ1) is 19.1. The summed E-state index contributed by atoms with van der Waals surface area (Å²) in [6, 6.07) is 9.67. The van der Waals surface area contributed by atoms with Gasteiger partial charge in [-0.25, -0.2) is 8.42 Å². The highest BCUT2D eigenvalue weighted by molar-refractivity contribution is 7.90. The van der Waals surface area contributed by atoms with Gasteiger partial charge in [-0.15, -0.1) is 11.3 Å². The second-order valence-electron chi connectivity index (χ2n) is 5.61. The predicted octanol–water partition coefficient (Wildman–Crippen LogP) is 2.15. The normalized spacial score (nSPS) is 12.4. The fourth-order valence-corrected chi connectivity index (χ4v) is 3.46. The molecule has 0 aliphatic carbocycles. The van der Waals surface area contributed by atoms with Crippen molar-refractivity contribution in [3.8, 4) is 0 Å². The van der Waals surface area contributed by atoms with Gasteiger partial charge in [0, 0.05) is 19.2 Å². The van der Waals surface area contributed by atoms with Crippen LogP contribution in [0.15, 0.2) is 46.7 Å². The van der Waals surface area contributed by atoms with Gasteiger partial charge in [0.15, 0.2) is 9.84 Å². The summed E-state index contributed by atoms with van der Waals surface area (Å²) in [7, 11) is -3.23. The third-order valence-corrected chi connectivity index (χ3v) is 5.57. The molecule has 6 nitrogen and oxygen atoms in total. The van der Waals surface area contributed by atoms with Crippen molar-refractivity contribution < 1.29 is 18.0 Å². The zero-order valence-corrected chi connectivity index (χ0v) is 15.6. The van der Waals surface area contributed by atoms with Crippen LogP contribution in [-0.4, -0.2) is 33.0 Å². The molecule has 0 aliphatic rings. The lowest BCUT2D eigenvalue weighted by molar-refractivity contribution is -0.121. The Bertz CT molecular complexity index is 828. The van der Waals surface area contributed by atoms with E-state index in [-0.39, 0.29) is 35.7 Å². The van der Waals surface area contributed by atoms with E-state index in [2.05, 4.69) is 10.6 Å². The SMILES string of the molecule is CC(NC(=O)CCNC(=O)c1cccs1)c1ccc(S(C)(=O)=O)cc1. The fourth-order valence-electron chi connectivity index (χ4n) is 2.19. The van der Waals surface area contributed by atoms with Crippen molar-refractivity contribution in [2.24, 2.45) is 0 Å². The highest BCUT2D eigenvalue weighted by Crippen LogP contribution is 2.16. The van der Waals surface area contributed by atoms with Crippen LogP contribution in [0.2, 0.25) is 0 Å². The Hall–Kier alpha value is -2.19. The number of amides is 2. The van der Waals surface area contributed by atoms with Crippen molar-refractivity contribution in [1.29, 1.82) is 0 Å². The first-order valence-corrected chi connectivity index (χ1v) is 10.5. The van der Waals surface area contributed by atoms with E-state index in [4.69, 9.17) is 0 Å². The molecule has 2 amide bonds. The number of nitrogens with one attached hydrogen (secondary N) is 2. The Morgan fingerprint density at radius 3 is 2.40 bits per heavy atom. The van der Waals surface area contributed by atoms with E-state index in [0.29, 0.717) is 4.88 Å². The molecule has 1 aromatic carbocycles. The van der Waals surface area contributed by atoms with Gasteiger partial charge in [-0.3, -0.25) is 9.59 Å². The minimum Gasteiger partial charge on any atom is -0.351 e. The number of hydrogen-bond acceptors (Lipinski definition) is 5. The summed E-state index contributed by atoms with van der Waals surface area (Å²) in [6.45, 7) is 2.07. The number of hydrogen-bond donors (Lipinski definition) is 2. The summed E-state index contributed by atoms with van der Waals surface area (Å²) < 4.78 is 22.9. The van der Waals surface area contributed by atoms with Crippen LogP contribution in [-0.2, 0) is 14.6 Å². The number of carbonyl (C=O) groups is 2. The molecule has 0 saturated carbocycles. The molecule has 1 aromatic heterocycles. The van der Waals surface area contributed by atoms with Gasteiger partial charge >= 0.3 is 0 Å². The molecule has 0 bridgehead atoms. The van der Waals surface area contributed by atoms with Crippen molar-refractivity contribution in [3.05, 3.63) is 52.2 Å². The summed E-state index contributed by atoms with van der Waals surface area (Å²) in [4.78, 5) is 24.6. The van der Waals surface area contributed by atoms with E-state index < -0.39 is 9.84 Å². The molecule has 0 radical (unpaired) electrons. The third kappa shape index (κ3) is 5.68. The molecule has 2 rings (SSSR count). The molecule has 0 saturated heterocycles. The van der Waals surface area contributed by atoms with E-state index in [1.165, 1.54) is 23.5 Å². The van der Waals surface area contributed by atoms with E-state index in [1.54, 1.807) is 24.3 Å². The minimum atomic E-state index is -3.23. The number of rotatable bonds is 7. The van der Waals surface area contributed by atoms with Crippen molar-refractivity contribution in [2.75, 3.05) is 12.8 Å². The molecular weight excluding hydrogens is 360 g/mol. The Morgan fingerprint density at radius 1 is 1.16 bits per heavy atom. The van der Waals surface area contributed by atoms with Gasteiger partial charge in [-0.05, 0) is 36.1 Å². The lowest BCUT2D eigenvalue weighted by Gasteiger charge is -2.15. The number of carbonyl (C=O) groups excluding carboxylic acids is 2. The van der Waals surface area contributed by atoms with Crippen LogP contribution < -0.4 is 10.6 Å². The Labute approximate surface area is 151 Å². The summed E-state index contributed by atoms with van der Waals surface area (Å²) >= 11 is 1.35.